The Kier molecular flexibility index (Phi) is 4.28. The first kappa shape index (κ1) is 12.9. The zero-order chi connectivity index (χ0) is 12.9. The summed E-state index contributed by atoms with van der Waals surface area (Å²) >= 11 is 1.82. The molecule has 1 aromatic rings. The molecule has 102 valence electrons. The third-order valence-electron chi connectivity index (χ3n) is 3.64. The molecule has 0 spiro atoms. The summed E-state index contributed by atoms with van der Waals surface area (Å²) in [5.41, 5.74) is 2.50. The van der Waals surface area contributed by atoms with Crippen molar-refractivity contribution < 1.29 is 0 Å². The maximum atomic E-state index is 4.50. The van der Waals surface area contributed by atoms with Crippen LogP contribution in [0.3, 0.4) is 0 Å². The van der Waals surface area contributed by atoms with Gasteiger partial charge >= 0.3 is 0 Å². The van der Waals surface area contributed by atoms with Gasteiger partial charge in [0, 0.05) is 36.8 Å². The van der Waals surface area contributed by atoms with E-state index in [0.717, 1.165) is 17.4 Å². The SMILES string of the molecule is c1cc(N2CCCCC2)ccc1NC1=NCCCS1. The summed E-state index contributed by atoms with van der Waals surface area (Å²) in [5, 5.41) is 4.47. The Hall–Kier alpha value is -1.16. The maximum absolute atomic E-state index is 4.50. The average Bonchev–Trinajstić information content (AvgIpc) is 2.50. The van der Waals surface area contributed by atoms with Crippen molar-refractivity contribution in [1.82, 2.24) is 0 Å². The number of piperidine rings is 1. The molecule has 2 heterocycles. The van der Waals surface area contributed by atoms with Gasteiger partial charge in [-0.2, -0.15) is 0 Å². The second-order valence-electron chi connectivity index (χ2n) is 5.11. The molecule has 0 saturated carbocycles. The molecule has 0 aromatic heterocycles. The predicted octanol–water partition coefficient (Wildman–Crippen LogP) is 3.58. The van der Waals surface area contributed by atoms with Gasteiger partial charge in [0.25, 0.3) is 0 Å². The molecule has 2 aliphatic heterocycles. The Labute approximate surface area is 119 Å². The van der Waals surface area contributed by atoms with Crippen LogP contribution < -0.4 is 10.2 Å². The third kappa shape index (κ3) is 3.44. The van der Waals surface area contributed by atoms with Crippen molar-refractivity contribution in [2.45, 2.75) is 25.7 Å². The molecule has 0 atom stereocenters. The summed E-state index contributed by atoms with van der Waals surface area (Å²) in [5.74, 6) is 1.18. The Bertz CT molecular complexity index is 435. The molecule has 19 heavy (non-hydrogen) atoms. The van der Waals surface area contributed by atoms with Crippen molar-refractivity contribution in [2.75, 3.05) is 35.6 Å². The molecule has 0 unspecified atom stereocenters. The molecule has 4 heteroatoms. The van der Waals surface area contributed by atoms with Crippen molar-refractivity contribution >= 4 is 28.3 Å². The third-order valence-corrected chi connectivity index (χ3v) is 4.63. The predicted molar refractivity (Wildman–Crippen MR) is 85.5 cm³/mol. The van der Waals surface area contributed by atoms with Gasteiger partial charge in [-0.3, -0.25) is 4.99 Å². The van der Waals surface area contributed by atoms with Crippen molar-refractivity contribution in [3.05, 3.63) is 24.3 Å². The molecule has 0 bridgehead atoms. The number of hydrogen-bond donors (Lipinski definition) is 1. The van der Waals surface area contributed by atoms with Gasteiger partial charge in [0.05, 0.1) is 0 Å². The first-order valence-corrected chi connectivity index (χ1v) is 8.20. The van der Waals surface area contributed by atoms with Crippen LogP contribution in [0, 0.1) is 0 Å². The van der Waals surface area contributed by atoms with Gasteiger partial charge < -0.3 is 10.2 Å². The highest BCUT2D eigenvalue weighted by molar-refractivity contribution is 8.14. The Morgan fingerprint density at radius 1 is 1.00 bits per heavy atom. The normalized spacial score (nSPS) is 20.0. The first-order chi connectivity index (χ1) is 9.42. The molecule has 1 saturated heterocycles. The van der Waals surface area contributed by atoms with E-state index in [1.165, 1.54) is 50.2 Å². The van der Waals surface area contributed by atoms with E-state index < -0.39 is 0 Å². The minimum absolute atomic E-state index is 0.960. The van der Waals surface area contributed by atoms with Crippen LogP contribution in [-0.2, 0) is 0 Å². The van der Waals surface area contributed by atoms with Crippen LogP contribution in [0.15, 0.2) is 29.3 Å². The molecule has 3 rings (SSSR count). The smallest absolute Gasteiger partial charge is 0.161 e. The number of nitrogens with one attached hydrogen (secondary N) is 1. The minimum atomic E-state index is 0.960. The fourth-order valence-corrected chi connectivity index (χ4v) is 3.41. The van der Waals surface area contributed by atoms with Crippen LogP contribution in [0.4, 0.5) is 11.4 Å². The highest BCUT2D eigenvalue weighted by Gasteiger charge is 2.11. The standard InChI is InChI=1S/C15H21N3S/c1-2-10-18(11-3-1)14-7-5-13(6-8-14)17-15-16-9-4-12-19-15/h5-8H,1-4,9-12H2,(H,16,17). The fraction of sp³-hybridized carbons (Fsp3) is 0.533. The van der Waals surface area contributed by atoms with Gasteiger partial charge in [-0.1, -0.05) is 11.8 Å². The van der Waals surface area contributed by atoms with E-state index in [-0.39, 0.29) is 0 Å². The van der Waals surface area contributed by atoms with E-state index in [0.29, 0.717) is 0 Å². The molecule has 1 aromatic carbocycles. The molecule has 1 fully saturated rings. The second kappa shape index (κ2) is 6.33. The lowest BCUT2D eigenvalue weighted by atomic mass is 10.1. The lowest BCUT2D eigenvalue weighted by Crippen LogP contribution is -2.29. The lowest BCUT2D eigenvalue weighted by molar-refractivity contribution is 0.578. The molecule has 3 nitrogen and oxygen atoms in total. The van der Waals surface area contributed by atoms with Gasteiger partial charge in [-0.05, 0) is 49.9 Å². The maximum Gasteiger partial charge on any atom is 0.161 e. The largest absolute Gasteiger partial charge is 0.372 e. The van der Waals surface area contributed by atoms with Gasteiger partial charge in [0.1, 0.15) is 0 Å². The molecule has 2 aliphatic rings. The minimum Gasteiger partial charge on any atom is -0.372 e. The zero-order valence-electron chi connectivity index (χ0n) is 11.3. The van der Waals surface area contributed by atoms with E-state index in [2.05, 4.69) is 39.5 Å². The number of rotatable bonds is 2. The van der Waals surface area contributed by atoms with Crippen molar-refractivity contribution in [2.24, 2.45) is 4.99 Å². The summed E-state index contributed by atoms with van der Waals surface area (Å²) in [6.45, 7) is 3.37. The highest BCUT2D eigenvalue weighted by atomic mass is 32.2. The van der Waals surface area contributed by atoms with Crippen molar-refractivity contribution in [1.29, 1.82) is 0 Å². The highest BCUT2D eigenvalue weighted by Crippen LogP contribution is 2.23. The van der Waals surface area contributed by atoms with Crippen LogP contribution in [0.25, 0.3) is 0 Å². The number of benzene rings is 1. The van der Waals surface area contributed by atoms with Gasteiger partial charge in [0.15, 0.2) is 5.17 Å². The van der Waals surface area contributed by atoms with Crippen LogP contribution in [0.2, 0.25) is 0 Å². The number of nitrogens with zero attached hydrogens (tertiary/aromatic N) is 2. The zero-order valence-corrected chi connectivity index (χ0v) is 12.1. The van der Waals surface area contributed by atoms with E-state index in [1.54, 1.807) is 0 Å². The lowest BCUT2D eigenvalue weighted by Gasteiger charge is -2.29. The molecular formula is C15H21N3S. The summed E-state index contributed by atoms with van der Waals surface area (Å²) in [7, 11) is 0. The average molecular weight is 275 g/mol. The quantitative estimate of drug-likeness (QED) is 0.894. The number of thioether (sulfide) groups is 1. The monoisotopic (exact) mass is 275 g/mol. The Balaban J connectivity index is 1.63. The molecule has 0 radical (unpaired) electrons. The molecular weight excluding hydrogens is 254 g/mol. The van der Waals surface area contributed by atoms with E-state index in [9.17, 15) is 0 Å². The molecule has 0 amide bonds. The number of hydrogen-bond acceptors (Lipinski definition) is 4. The Morgan fingerprint density at radius 3 is 2.47 bits per heavy atom. The summed E-state index contributed by atoms with van der Waals surface area (Å²) in [4.78, 5) is 6.98. The van der Waals surface area contributed by atoms with Gasteiger partial charge in [0.2, 0.25) is 0 Å². The summed E-state index contributed by atoms with van der Waals surface area (Å²) in [6, 6.07) is 8.78. The van der Waals surface area contributed by atoms with Gasteiger partial charge in [-0.25, -0.2) is 0 Å². The van der Waals surface area contributed by atoms with Crippen LogP contribution >= 0.6 is 11.8 Å². The number of anilines is 2. The Morgan fingerprint density at radius 2 is 1.79 bits per heavy atom. The van der Waals surface area contributed by atoms with E-state index in [4.69, 9.17) is 0 Å². The second-order valence-corrected chi connectivity index (χ2v) is 6.19. The fourth-order valence-electron chi connectivity index (χ4n) is 2.57. The molecule has 1 N–H and O–H groups in total. The summed E-state index contributed by atoms with van der Waals surface area (Å²) in [6.07, 6.45) is 5.23. The molecule has 0 aliphatic carbocycles. The number of amidine groups is 1. The van der Waals surface area contributed by atoms with Crippen LogP contribution in [-0.4, -0.2) is 30.6 Å². The van der Waals surface area contributed by atoms with Gasteiger partial charge in [-0.15, -0.1) is 0 Å². The van der Waals surface area contributed by atoms with Crippen LogP contribution in [0.5, 0.6) is 0 Å². The first-order valence-electron chi connectivity index (χ1n) is 7.21. The number of aliphatic imine (C=N–C) groups is 1. The van der Waals surface area contributed by atoms with Crippen molar-refractivity contribution in [3.8, 4) is 0 Å². The van der Waals surface area contributed by atoms with E-state index >= 15 is 0 Å². The summed E-state index contributed by atoms with van der Waals surface area (Å²) < 4.78 is 0. The topological polar surface area (TPSA) is 27.6 Å². The van der Waals surface area contributed by atoms with Crippen molar-refractivity contribution in [3.63, 3.8) is 0 Å². The van der Waals surface area contributed by atoms with Crippen LogP contribution in [0.1, 0.15) is 25.7 Å². The van der Waals surface area contributed by atoms with E-state index in [1.807, 2.05) is 11.8 Å².